The zero-order valence-electron chi connectivity index (χ0n) is 5.74. The van der Waals surface area contributed by atoms with Gasteiger partial charge in [-0.25, -0.2) is 9.78 Å². The maximum atomic E-state index is 10.0. The van der Waals surface area contributed by atoms with Crippen LogP contribution >= 0.6 is 0 Å². The molecule has 0 bridgehead atoms. The fraction of sp³-hybridized carbons (Fsp3) is 0.800. The van der Waals surface area contributed by atoms with Crippen molar-refractivity contribution in [1.29, 1.82) is 0 Å². The van der Waals surface area contributed by atoms with Gasteiger partial charge in [-0.3, -0.25) is 4.79 Å². The number of hydrogen-bond donors (Lipinski definition) is 2. The summed E-state index contributed by atoms with van der Waals surface area (Å²) in [7, 11) is 0. The first-order valence-electron chi connectivity index (χ1n) is 2.91. The van der Waals surface area contributed by atoms with E-state index in [4.69, 9.17) is 10.8 Å². The molecule has 10 heavy (non-hydrogen) atoms. The Hall–Kier alpha value is -0.650. The SMILES string of the molecule is CCOOC[C@H](N)C(=O)O. The van der Waals surface area contributed by atoms with E-state index < -0.39 is 12.0 Å². The predicted molar refractivity (Wildman–Crippen MR) is 33.2 cm³/mol. The Kier molecular flexibility index (Phi) is 4.82. The van der Waals surface area contributed by atoms with Gasteiger partial charge in [0.15, 0.2) is 0 Å². The molecule has 0 aliphatic heterocycles. The Morgan fingerprint density at radius 2 is 2.30 bits per heavy atom. The molecule has 0 heterocycles. The third-order valence-corrected chi connectivity index (χ3v) is 0.766. The van der Waals surface area contributed by atoms with Crippen LogP contribution in [-0.2, 0) is 14.6 Å². The van der Waals surface area contributed by atoms with Gasteiger partial charge in [0.1, 0.15) is 12.6 Å². The fourth-order valence-corrected chi connectivity index (χ4v) is 0.276. The molecule has 0 aromatic heterocycles. The van der Waals surface area contributed by atoms with Gasteiger partial charge in [0.05, 0.1) is 6.61 Å². The second-order valence-corrected chi connectivity index (χ2v) is 1.64. The zero-order valence-corrected chi connectivity index (χ0v) is 5.74. The molecule has 1 atom stereocenters. The van der Waals surface area contributed by atoms with E-state index in [1.54, 1.807) is 6.92 Å². The summed E-state index contributed by atoms with van der Waals surface area (Å²) < 4.78 is 0. The molecule has 0 radical (unpaired) electrons. The van der Waals surface area contributed by atoms with E-state index in [9.17, 15) is 4.79 Å². The highest BCUT2D eigenvalue weighted by atomic mass is 17.2. The molecule has 3 N–H and O–H groups in total. The van der Waals surface area contributed by atoms with E-state index in [1.807, 2.05) is 0 Å². The highest BCUT2D eigenvalue weighted by molar-refractivity contribution is 5.73. The molecule has 0 aliphatic rings. The minimum atomic E-state index is -1.10. The van der Waals surface area contributed by atoms with Gasteiger partial charge in [-0.15, -0.1) is 0 Å². The van der Waals surface area contributed by atoms with Crippen molar-refractivity contribution in [3.63, 3.8) is 0 Å². The first-order valence-corrected chi connectivity index (χ1v) is 2.91. The number of carboxylic acid groups (broad SMARTS) is 1. The van der Waals surface area contributed by atoms with Crippen LogP contribution in [0, 0.1) is 0 Å². The number of nitrogens with two attached hydrogens (primary N) is 1. The lowest BCUT2D eigenvalue weighted by Crippen LogP contribution is -2.34. The summed E-state index contributed by atoms with van der Waals surface area (Å²) in [6, 6.07) is -1.01. The summed E-state index contributed by atoms with van der Waals surface area (Å²) in [6.07, 6.45) is 0. The molecule has 0 aromatic rings. The Bertz CT molecular complexity index is 106. The lowest BCUT2D eigenvalue weighted by Gasteiger charge is -2.04. The number of aliphatic carboxylic acids is 1. The van der Waals surface area contributed by atoms with Crippen LogP contribution < -0.4 is 5.73 Å². The number of hydrogen-bond acceptors (Lipinski definition) is 4. The van der Waals surface area contributed by atoms with Crippen molar-refractivity contribution in [1.82, 2.24) is 0 Å². The molecular formula is C5H11NO4. The Morgan fingerprint density at radius 3 is 2.70 bits per heavy atom. The van der Waals surface area contributed by atoms with Crippen LogP contribution in [0.4, 0.5) is 0 Å². The van der Waals surface area contributed by atoms with Gasteiger partial charge in [0.25, 0.3) is 0 Å². The van der Waals surface area contributed by atoms with Gasteiger partial charge in [-0.1, -0.05) is 0 Å². The summed E-state index contributed by atoms with van der Waals surface area (Å²) in [5.74, 6) is -1.10. The smallest absolute Gasteiger partial charge is 0.323 e. The normalized spacial score (nSPS) is 13.0. The topological polar surface area (TPSA) is 81.8 Å². The average molecular weight is 149 g/mol. The number of carboxylic acids is 1. The molecule has 0 saturated carbocycles. The van der Waals surface area contributed by atoms with Crippen LogP contribution in [0.25, 0.3) is 0 Å². The van der Waals surface area contributed by atoms with Gasteiger partial charge < -0.3 is 10.8 Å². The maximum absolute atomic E-state index is 10.0. The minimum absolute atomic E-state index is 0.122. The van der Waals surface area contributed by atoms with Crippen LogP contribution in [0.3, 0.4) is 0 Å². The van der Waals surface area contributed by atoms with Gasteiger partial charge in [0.2, 0.25) is 0 Å². The molecule has 0 fully saturated rings. The van der Waals surface area contributed by atoms with Crippen LogP contribution in [0.5, 0.6) is 0 Å². The van der Waals surface area contributed by atoms with Crippen molar-refractivity contribution in [3.8, 4) is 0 Å². The molecule has 0 rings (SSSR count). The Balaban J connectivity index is 3.21. The summed E-state index contributed by atoms with van der Waals surface area (Å²) in [5, 5.41) is 8.22. The second kappa shape index (κ2) is 5.16. The Morgan fingerprint density at radius 1 is 1.70 bits per heavy atom. The third-order valence-electron chi connectivity index (χ3n) is 0.766. The molecular weight excluding hydrogens is 138 g/mol. The van der Waals surface area contributed by atoms with E-state index in [-0.39, 0.29) is 6.61 Å². The highest BCUT2D eigenvalue weighted by Crippen LogP contribution is 1.82. The van der Waals surface area contributed by atoms with Gasteiger partial charge in [-0.2, -0.15) is 0 Å². The van der Waals surface area contributed by atoms with Crippen molar-refractivity contribution in [2.24, 2.45) is 5.73 Å². The molecule has 5 heteroatoms. The first kappa shape index (κ1) is 9.35. The zero-order chi connectivity index (χ0) is 7.98. The van der Waals surface area contributed by atoms with Crippen LogP contribution in [0.2, 0.25) is 0 Å². The molecule has 5 nitrogen and oxygen atoms in total. The van der Waals surface area contributed by atoms with E-state index in [2.05, 4.69) is 9.78 Å². The third kappa shape index (κ3) is 4.25. The van der Waals surface area contributed by atoms with E-state index in [0.29, 0.717) is 6.61 Å². The van der Waals surface area contributed by atoms with Crippen molar-refractivity contribution < 1.29 is 19.7 Å². The van der Waals surface area contributed by atoms with Crippen LogP contribution in [0.15, 0.2) is 0 Å². The first-order chi connectivity index (χ1) is 4.68. The molecule has 0 saturated heterocycles. The molecule has 0 amide bonds. The van der Waals surface area contributed by atoms with Gasteiger partial charge in [-0.05, 0) is 6.92 Å². The summed E-state index contributed by atoms with van der Waals surface area (Å²) in [4.78, 5) is 18.8. The van der Waals surface area contributed by atoms with Crippen molar-refractivity contribution >= 4 is 5.97 Å². The fourth-order valence-electron chi connectivity index (χ4n) is 0.276. The monoisotopic (exact) mass is 149 g/mol. The van der Waals surface area contributed by atoms with Crippen LogP contribution in [-0.4, -0.2) is 30.3 Å². The summed E-state index contributed by atoms with van der Waals surface area (Å²) in [5.41, 5.74) is 5.05. The van der Waals surface area contributed by atoms with E-state index in [1.165, 1.54) is 0 Å². The highest BCUT2D eigenvalue weighted by Gasteiger charge is 2.10. The van der Waals surface area contributed by atoms with Crippen molar-refractivity contribution in [3.05, 3.63) is 0 Å². The Labute approximate surface area is 58.7 Å². The van der Waals surface area contributed by atoms with E-state index >= 15 is 0 Å². The summed E-state index contributed by atoms with van der Waals surface area (Å²) >= 11 is 0. The van der Waals surface area contributed by atoms with Crippen molar-refractivity contribution in [2.45, 2.75) is 13.0 Å². The average Bonchev–Trinajstić information content (AvgIpc) is 1.88. The maximum Gasteiger partial charge on any atom is 0.323 e. The lowest BCUT2D eigenvalue weighted by molar-refractivity contribution is -0.292. The molecule has 0 aromatic carbocycles. The van der Waals surface area contributed by atoms with Crippen molar-refractivity contribution in [2.75, 3.05) is 13.2 Å². The predicted octanol–water partition coefficient (Wildman–Crippen LogP) is -0.634. The van der Waals surface area contributed by atoms with E-state index in [0.717, 1.165) is 0 Å². The molecule has 0 aliphatic carbocycles. The van der Waals surface area contributed by atoms with Gasteiger partial charge >= 0.3 is 5.97 Å². The van der Waals surface area contributed by atoms with Gasteiger partial charge in [0, 0.05) is 0 Å². The lowest BCUT2D eigenvalue weighted by atomic mass is 10.3. The number of carbonyl (C=O) groups is 1. The molecule has 0 unspecified atom stereocenters. The second-order valence-electron chi connectivity index (χ2n) is 1.64. The molecule has 0 spiro atoms. The standard InChI is InChI=1S/C5H11NO4/c1-2-9-10-3-4(6)5(7)8/h4H,2-3,6H2,1H3,(H,7,8)/t4-/m0/s1. The summed E-state index contributed by atoms with van der Waals surface area (Å²) in [6.45, 7) is 1.99. The number of rotatable bonds is 5. The molecule has 60 valence electrons. The van der Waals surface area contributed by atoms with Crippen LogP contribution in [0.1, 0.15) is 6.92 Å². The largest absolute Gasteiger partial charge is 0.480 e. The minimum Gasteiger partial charge on any atom is -0.480 e. The quantitative estimate of drug-likeness (QED) is 0.309.